The molecule has 17 rings (SSSR count). The van der Waals surface area contributed by atoms with Gasteiger partial charge in [0.25, 0.3) is 5.91 Å². The molecule has 0 radical (unpaired) electrons. The molecule has 6 heterocycles. The second-order valence-electron chi connectivity index (χ2n) is 34.1. The first-order valence-corrected chi connectivity index (χ1v) is 42.0. The van der Waals surface area contributed by atoms with Crippen LogP contribution in [0.5, 0.6) is 51.7 Å². The third-order valence-electron chi connectivity index (χ3n) is 24.7. The highest BCUT2D eigenvalue weighted by molar-refractivity contribution is 6.32. The van der Waals surface area contributed by atoms with Crippen LogP contribution in [0.15, 0.2) is 103 Å². The van der Waals surface area contributed by atoms with E-state index in [2.05, 4.69) is 47.9 Å². The Hall–Kier alpha value is -10.5. The Morgan fingerprint density at radius 2 is 1.28 bits per heavy atom. The molecule has 0 aromatic heterocycles. The molecule has 20 N–H and O–H groups in total. The number of methoxy groups -OCH3 is 1. The monoisotopic (exact) mass is 1760 g/mol. The predicted molar refractivity (Wildman–Crippen MR) is 441 cm³/mol. The molecule has 11 aliphatic rings. The maximum atomic E-state index is 16.7. The van der Waals surface area contributed by atoms with Crippen molar-refractivity contribution in [3.05, 3.63) is 147 Å². The van der Waals surface area contributed by atoms with Crippen molar-refractivity contribution in [1.82, 2.24) is 47.9 Å². The third kappa shape index (κ3) is 19.2. The minimum atomic E-state index is -2.39. The molecule has 6 fully saturated rings. The second-order valence-corrected chi connectivity index (χ2v) is 34.9. The summed E-state index contributed by atoms with van der Waals surface area (Å²) in [5, 5.41) is 130. The number of imide groups is 1. The third-order valence-corrected chi connectivity index (χ3v) is 25.3. The van der Waals surface area contributed by atoms with E-state index >= 15 is 28.8 Å². The Morgan fingerprint density at radius 3 is 1.90 bits per heavy atom. The standard InChI is InChI=1S/C87H102Cl2N10O25/c1-36(2)19-54(91-5)80(111)98-70-72(105)42-10-15-58(52(88)26-42)121-60-28-46-29-61(76(60)123-62-30-47(35-100)74(107)75(108)77(62)124-64-34-87(4,90)78(109)37(3)120-64)122-59-16-11-43(27-53(59)89)73(106)71-86(117)97-69(84(115)94-66-44-21-38-20-39(23-44)24-45(66)22-38)51-31-48(101)32-57(103)65(51)50-25-41(9-14-56(50)102)67(82(113)99-71)96-83(114)68(46)95-81(112)55(92-85(70)116)33-63(104)93-79(110)40-7-12-49(13-8-40)119-18-17-118-6/h7-16,25-29,31-32,36-39,44-45,47,54-55,62,64,66-75,77-78,91,100-103,105-109H,17-24,30,33-35,90H2,1-6H3,(H,92,116)(H,94,115)(H,95,112)(H,96,114)(H,97,117)(H,98,111)(H,99,113)(H,93,104,110)/t37-,38?,39?,44?,45?,47+,54+,55-,62+,64-,66?,67+,68+,69-,70+,71-,72+,73+,74+,75-,77-,78+,87-/m0/s1. The number of benzene rings is 6. The normalized spacial score (nSPS) is 30.5. The van der Waals surface area contributed by atoms with Crippen molar-refractivity contribution in [1.29, 1.82) is 0 Å². The van der Waals surface area contributed by atoms with Gasteiger partial charge in [0.1, 0.15) is 108 Å². The van der Waals surface area contributed by atoms with E-state index in [-0.39, 0.29) is 117 Å². The summed E-state index contributed by atoms with van der Waals surface area (Å²) in [7, 11) is 2.95. The largest absolute Gasteiger partial charge is 0.508 e. The molecule has 9 amide bonds. The van der Waals surface area contributed by atoms with E-state index in [4.69, 9.17) is 62.1 Å². The maximum Gasteiger partial charge on any atom is 0.257 e. The molecule has 37 heteroatoms. The summed E-state index contributed by atoms with van der Waals surface area (Å²) in [5.41, 5.74) is 2.97. The van der Waals surface area contributed by atoms with Gasteiger partial charge in [-0.2, -0.15) is 0 Å². The number of carbonyl (C=O) groups excluding carboxylic acids is 9. The molecule has 6 aromatic rings. The number of phenols is 3. The summed E-state index contributed by atoms with van der Waals surface area (Å²) in [6, 6.07) is 5.71. The van der Waals surface area contributed by atoms with Gasteiger partial charge in [-0.05, 0) is 202 Å². The number of aliphatic hydroxyl groups excluding tert-OH is 6. The van der Waals surface area contributed by atoms with E-state index in [1.54, 1.807) is 6.92 Å². The van der Waals surface area contributed by atoms with Gasteiger partial charge in [0.2, 0.25) is 53.0 Å². The Balaban J connectivity index is 0.963. The van der Waals surface area contributed by atoms with Crippen LogP contribution in [0.4, 0.5) is 0 Å². The first-order valence-electron chi connectivity index (χ1n) is 41.2. The van der Waals surface area contributed by atoms with E-state index in [1.165, 1.54) is 69.6 Å². The highest BCUT2D eigenvalue weighted by Crippen LogP contribution is 2.55. The van der Waals surface area contributed by atoms with Gasteiger partial charge < -0.3 is 127 Å². The number of fused-ring (bicyclic) bond motifs is 15. The Labute approximate surface area is 722 Å². The van der Waals surface area contributed by atoms with Crippen LogP contribution in [-0.2, 0) is 52.6 Å². The zero-order chi connectivity index (χ0) is 88.8. The first-order chi connectivity index (χ1) is 59.0. The van der Waals surface area contributed by atoms with Crippen molar-refractivity contribution in [2.45, 2.75) is 194 Å². The van der Waals surface area contributed by atoms with Gasteiger partial charge in [-0.3, -0.25) is 48.5 Å². The number of carbonyl (C=O) groups is 9. The number of likely N-dealkylation sites (N-methyl/N-ethyl adjacent to an activating group) is 1. The summed E-state index contributed by atoms with van der Waals surface area (Å²) in [4.78, 5) is 139. The van der Waals surface area contributed by atoms with E-state index in [9.17, 15) is 60.3 Å². The minimum Gasteiger partial charge on any atom is -0.508 e. The number of aliphatic hydroxyl groups is 6. The number of hydrogen-bond donors (Lipinski definition) is 19. The quantitative estimate of drug-likeness (QED) is 0.0507. The summed E-state index contributed by atoms with van der Waals surface area (Å²) < 4.78 is 44.0. The zero-order valence-corrected chi connectivity index (χ0v) is 70.0. The molecule has 0 unspecified atom stereocenters. The lowest BCUT2D eigenvalue weighted by molar-refractivity contribution is -0.286. The molecule has 5 aliphatic carbocycles. The smallest absolute Gasteiger partial charge is 0.257 e. The van der Waals surface area contributed by atoms with Crippen LogP contribution in [0, 0.1) is 35.5 Å². The molecule has 6 aromatic carbocycles. The number of rotatable bonds is 19. The maximum absolute atomic E-state index is 16.7. The SMILES string of the molecule is CN[C@H](CC(C)C)C(=O)N[C@H]1C(=O)N[C@@H](CC(=O)NC(=O)c2ccc(OCCOC)cc2)C(=O)N[C@H]2C(=O)N[C@H]3C(=O)N[C@H](C(=O)N[C@H](C(=O)NC4C5CC6CC(C5)CC4C6)c4cc(O)cc(O)c4-c4cc3ccc4O)[C@H](O)c3ccc(c(Cl)c3)Oc3cc2cc(c3O[C@@H]2C[C@H](CO)[C@@H](O)[C@H](O)[C@H]2O[C@H]2C[C@](C)(N)[C@H](O)[C@H](C)O2)Oc2ccc(cc2Cl)[C@H]1O. The molecule has 0 spiro atoms. The molecule has 15 bridgehead atoms. The lowest BCUT2D eigenvalue weighted by Gasteiger charge is -2.54. The van der Waals surface area contributed by atoms with Crippen molar-refractivity contribution in [2.24, 2.45) is 41.2 Å². The summed E-state index contributed by atoms with van der Waals surface area (Å²) in [6.07, 6.45) is -11.9. The zero-order valence-electron chi connectivity index (χ0n) is 68.5. The lowest BCUT2D eigenvalue weighted by Crippen LogP contribution is -2.63. The molecular formula is C87H102Cl2N10O25. The topological polar surface area (TPSA) is 535 Å². The Bertz CT molecular complexity index is 5050. The van der Waals surface area contributed by atoms with Crippen molar-refractivity contribution >= 4 is 76.4 Å². The van der Waals surface area contributed by atoms with Gasteiger partial charge in [0.15, 0.2) is 17.8 Å². The van der Waals surface area contributed by atoms with Crippen LogP contribution in [-0.4, -0.2) is 212 Å². The number of nitrogens with two attached hydrogens (primary N) is 1. The number of hydrogen-bond acceptors (Lipinski definition) is 27. The van der Waals surface area contributed by atoms with Crippen LogP contribution in [0.1, 0.15) is 154 Å². The van der Waals surface area contributed by atoms with Gasteiger partial charge in [-0.25, -0.2) is 0 Å². The minimum absolute atomic E-state index is 0.0583. The van der Waals surface area contributed by atoms with E-state index < -0.39 is 215 Å². The van der Waals surface area contributed by atoms with Gasteiger partial charge in [-0.15, -0.1) is 0 Å². The molecule has 5 saturated carbocycles. The Kier molecular flexibility index (Phi) is 27.0. The van der Waals surface area contributed by atoms with Crippen LogP contribution < -0.4 is 72.5 Å². The molecule has 18 atom stereocenters. The van der Waals surface area contributed by atoms with Crippen LogP contribution in [0.2, 0.25) is 10.0 Å². The number of amides is 9. The van der Waals surface area contributed by atoms with Gasteiger partial charge in [0, 0.05) is 60.4 Å². The highest BCUT2D eigenvalue weighted by atomic mass is 35.5. The van der Waals surface area contributed by atoms with E-state index in [0.29, 0.717) is 17.6 Å². The average molecular weight is 1760 g/mol. The summed E-state index contributed by atoms with van der Waals surface area (Å²) >= 11 is 14.5. The fourth-order valence-corrected chi connectivity index (χ4v) is 19.0. The predicted octanol–water partition coefficient (Wildman–Crippen LogP) is 4.12. The van der Waals surface area contributed by atoms with Crippen molar-refractivity contribution in [2.75, 3.05) is 34.0 Å². The summed E-state index contributed by atoms with van der Waals surface area (Å²) in [5.74, 6) is -15.2. The second kappa shape index (κ2) is 37.3. The number of phenolic OH excluding ortho intramolecular Hbond substituents is 3. The van der Waals surface area contributed by atoms with E-state index in [0.717, 1.165) is 86.7 Å². The van der Waals surface area contributed by atoms with Gasteiger partial charge in [-0.1, -0.05) is 55.2 Å². The average Bonchev–Trinajstić information content (AvgIpc) is 0.757. The number of ether oxygens (including phenoxy) is 7. The van der Waals surface area contributed by atoms with Crippen LogP contribution in [0.3, 0.4) is 0 Å². The van der Waals surface area contributed by atoms with Gasteiger partial charge in [0.05, 0.1) is 47.4 Å². The Morgan fingerprint density at radius 1 is 0.661 bits per heavy atom. The molecule has 124 heavy (non-hydrogen) atoms. The molecule has 6 aliphatic heterocycles. The van der Waals surface area contributed by atoms with E-state index in [1.807, 2.05) is 13.8 Å². The van der Waals surface area contributed by atoms with Crippen molar-refractivity contribution < 1.29 is 122 Å². The lowest BCUT2D eigenvalue weighted by atomic mass is 9.54. The van der Waals surface area contributed by atoms with Crippen molar-refractivity contribution in [3.63, 3.8) is 0 Å². The van der Waals surface area contributed by atoms with Crippen molar-refractivity contribution in [3.8, 4) is 62.9 Å². The molecule has 1 saturated heterocycles. The number of halogens is 2. The first kappa shape index (κ1) is 89.8. The molecular weight excluding hydrogens is 1660 g/mol. The summed E-state index contributed by atoms with van der Waals surface area (Å²) in [6.45, 7) is 6.33. The van der Waals surface area contributed by atoms with Gasteiger partial charge >= 0.3 is 0 Å². The molecule has 664 valence electrons. The fraction of sp³-hybridized carbons (Fsp3) is 0.483. The fourth-order valence-electron chi connectivity index (χ4n) is 18.6. The van der Waals surface area contributed by atoms with Crippen LogP contribution in [0.25, 0.3) is 11.1 Å². The number of nitrogens with one attached hydrogen (secondary N) is 9. The van der Waals surface area contributed by atoms with Crippen LogP contribution >= 0.6 is 23.2 Å². The highest BCUT2D eigenvalue weighted by Gasteiger charge is 2.53. The molecule has 35 nitrogen and oxygen atoms in total. The number of aromatic hydroxyl groups is 3.